The van der Waals surface area contributed by atoms with Gasteiger partial charge in [-0.1, -0.05) is 13.3 Å². The number of rotatable bonds is 4. The number of carbonyl (C=O) groups is 2. The average Bonchev–Trinajstić information content (AvgIpc) is 2.28. The molecule has 0 aromatic carbocycles. The quantitative estimate of drug-likeness (QED) is 0.764. The van der Waals surface area contributed by atoms with Gasteiger partial charge in [0, 0.05) is 13.1 Å². The highest BCUT2D eigenvalue weighted by molar-refractivity contribution is 5.83. The van der Waals surface area contributed by atoms with Gasteiger partial charge in [0.15, 0.2) is 0 Å². The van der Waals surface area contributed by atoms with Gasteiger partial charge in [-0.2, -0.15) is 0 Å². The molecule has 0 radical (unpaired) electrons. The third kappa shape index (κ3) is 2.97. The minimum atomic E-state index is -0.790. The Morgan fingerprint density at radius 1 is 1.53 bits per heavy atom. The first-order valence-electron chi connectivity index (χ1n) is 6.21. The molecule has 98 valence electrons. The lowest BCUT2D eigenvalue weighted by molar-refractivity contribution is -0.155. The second-order valence-corrected chi connectivity index (χ2v) is 4.99. The lowest BCUT2D eigenvalue weighted by Crippen LogP contribution is -2.53. The van der Waals surface area contributed by atoms with Crippen LogP contribution in [0.1, 0.15) is 39.5 Å². The molecule has 1 saturated heterocycles. The lowest BCUT2D eigenvalue weighted by Gasteiger charge is -2.40. The summed E-state index contributed by atoms with van der Waals surface area (Å²) in [5.74, 6) is -0.937. The van der Waals surface area contributed by atoms with Crippen LogP contribution in [0.25, 0.3) is 0 Å². The van der Waals surface area contributed by atoms with Crippen LogP contribution in [-0.2, 0) is 9.59 Å². The van der Waals surface area contributed by atoms with Gasteiger partial charge >= 0.3 is 5.97 Å². The van der Waals surface area contributed by atoms with E-state index in [1.165, 1.54) is 0 Å². The van der Waals surface area contributed by atoms with Gasteiger partial charge in [-0.25, -0.2) is 0 Å². The number of likely N-dealkylation sites (tertiary alicyclic amines) is 1. The number of carbonyl (C=O) groups excluding carboxylic acids is 1. The number of nitrogens with zero attached hydrogens (tertiary/aromatic N) is 1. The molecule has 1 aliphatic heterocycles. The molecule has 1 fully saturated rings. The smallest absolute Gasteiger partial charge is 0.311 e. The van der Waals surface area contributed by atoms with E-state index in [-0.39, 0.29) is 5.91 Å². The van der Waals surface area contributed by atoms with Crippen LogP contribution in [0.2, 0.25) is 0 Å². The Bertz CT molecular complexity index is 300. The summed E-state index contributed by atoms with van der Waals surface area (Å²) in [7, 11) is 0. The first kappa shape index (κ1) is 14.0. The summed E-state index contributed by atoms with van der Waals surface area (Å²) in [6, 6.07) is -0.554. The van der Waals surface area contributed by atoms with Crippen LogP contribution in [0.3, 0.4) is 0 Å². The Hall–Kier alpha value is -1.10. The summed E-state index contributed by atoms with van der Waals surface area (Å²) in [5, 5.41) is 9.39. The minimum absolute atomic E-state index is 0.147. The van der Waals surface area contributed by atoms with Crippen molar-refractivity contribution in [1.82, 2.24) is 4.90 Å². The van der Waals surface area contributed by atoms with Gasteiger partial charge in [0.05, 0.1) is 11.5 Å². The number of carboxylic acids is 1. The molecule has 5 nitrogen and oxygen atoms in total. The maximum absolute atomic E-state index is 11.8. The maximum atomic E-state index is 11.8. The molecule has 0 bridgehead atoms. The van der Waals surface area contributed by atoms with Crippen LogP contribution >= 0.6 is 0 Å². The standard InChI is InChI=1S/C12H22N2O3/c1-3-5-12(11(16)17)6-4-7-14(8-12)10(15)9(2)13/h9H,3-8,13H2,1-2H3,(H,16,17)/t9-,12?/m0/s1. The van der Waals surface area contributed by atoms with Crippen LogP contribution in [0.15, 0.2) is 0 Å². The van der Waals surface area contributed by atoms with Crippen LogP contribution in [0.5, 0.6) is 0 Å². The van der Waals surface area contributed by atoms with Gasteiger partial charge in [-0.15, -0.1) is 0 Å². The van der Waals surface area contributed by atoms with Crippen molar-refractivity contribution in [3.63, 3.8) is 0 Å². The number of amides is 1. The Balaban J connectivity index is 2.82. The number of piperidine rings is 1. The zero-order valence-electron chi connectivity index (χ0n) is 10.6. The van der Waals surface area contributed by atoms with Crippen molar-refractivity contribution in [2.24, 2.45) is 11.1 Å². The topological polar surface area (TPSA) is 83.6 Å². The summed E-state index contributed by atoms with van der Waals surface area (Å²) in [6.45, 7) is 4.53. The molecule has 3 N–H and O–H groups in total. The number of hydrogen-bond donors (Lipinski definition) is 2. The Labute approximate surface area is 102 Å². The molecule has 0 aromatic heterocycles. The first-order valence-corrected chi connectivity index (χ1v) is 6.21. The zero-order chi connectivity index (χ0) is 13.1. The van der Waals surface area contributed by atoms with E-state index >= 15 is 0 Å². The minimum Gasteiger partial charge on any atom is -0.481 e. The third-order valence-electron chi connectivity index (χ3n) is 3.46. The second-order valence-electron chi connectivity index (χ2n) is 4.99. The fourth-order valence-electron chi connectivity index (χ4n) is 2.57. The molecule has 1 unspecified atom stereocenters. The molecule has 1 aliphatic rings. The van der Waals surface area contributed by atoms with Crippen molar-refractivity contribution < 1.29 is 14.7 Å². The Morgan fingerprint density at radius 3 is 2.65 bits per heavy atom. The van der Waals surface area contributed by atoms with Crippen LogP contribution < -0.4 is 5.73 Å². The summed E-state index contributed by atoms with van der Waals surface area (Å²) in [5.41, 5.74) is 4.80. The first-order chi connectivity index (χ1) is 7.93. The number of carboxylic acid groups (broad SMARTS) is 1. The number of nitrogens with two attached hydrogens (primary N) is 1. The van der Waals surface area contributed by atoms with Gasteiger partial charge in [0.25, 0.3) is 0 Å². The third-order valence-corrected chi connectivity index (χ3v) is 3.46. The molecule has 0 spiro atoms. The van der Waals surface area contributed by atoms with E-state index in [1.54, 1.807) is 11.8 Å². The summed E-state index contributed by atoms with van der Waals surface area (Å²) >= 11 is 0. The lowest BCUT2D eigenvalue weighted by atomic mass is 9.76. The van der Waals surface area contributed by atoms with Crippen molar-refractivity contribution in [1.29, 1.82) is 0 Å². The highest BCUT2D eigenvalue weighted by atomic mass is 16.4. The predicted octanol–water partition coefficient (Wildman–Crippen LogP) is 0.827. The van der Waals surface area contributed by atoms with Gasteiger partial charge < -0.3 is 15.7 Å². The van der Waals surface area contributed by atoms with E-state index < -0.39 is 17.4 Å². The zero-order valence-corrected chi connectivity index (χ0v) is 10.6. The SMILES string of the molecule is CCCC1(C(=O)O)CCCN(C(=O)[C@H](C)N)C1. The summed E-state index contributed by atoms with van der Waals surface area (Å²) in [4.78, 5) is 24.9. The molecule has 0 saturated carbocycles. The molecular formula is C12H22N2O3. The van der Waals surface area contributed by atoms with Crippen molar-refractivity contribution in [2.45, 2.75) is 45.6 Å². The maximum Gasteiger partial charge on any atom is 0.311 e. The monoisotopic (exact) mass is 242 g/mol. The molecular weight excluding hydrogens is 220 g/mol. The highest BCUT2D eigenvalue weighted by Gasteiger charge is 2.43. The predicted molar refractivity (Wildman–Crippen MR) is 64.4 cm³/mol. The molecule has 17 heavy (non-hydrogen) atoms. The molecule has 1 heterocycles. The fraction of sp³-hybridized carbons (Fsp3) is 0.833. The van der Waals surface area contributed by atoms with Gasteiger partial charge in [0.1, 0.15) is 0 Å². The van der Waals surface area contributed by atoms with E-state index in [0.717, 1.165) is 12.8 Å². The van der Waals surface area contributed by atoms with E-state index in [2.05, 4.69) is 0 Å². The molecule has 5 heteroatoms. The van der Waals surface area contributed by atoms with Crippen molar-refractivity contribution in [2.75, 3.05) is 13.1 Å². The van der Waals surface area contributed by atoms with Crippen molar-refractivity contribution >= 4 is 11.9 Å². The molecule has 2 atom stereocenters. The van der Waals surface area contributed by atoms with Crippen LogP contribution in [0.4, 0.5) is 0 Å². The van der Waals surface area contributed by atoms with Gasteiger partial charge in [0.2, 0.25) is 5.91 Å². The van der Waals surface area contributed by atoms with Crippen molar-refractivity contribution in [3.05, 3.63) is 0 Å². The molecule has 1 amide bonds. The van der Waals surface area contributed by atoms with E-state index in [0.29, 0.717) is 25.9 Å². The van der Waals surface area contributed by atoms with E-state index in [1.807, 2.05) is 6.92 Å². The van der Waals surface area contributed by atoms with E-state index in [9.17, 15) is 14.7 Å². The largest absolute Gasteiger partial charge is 0.481 e. The second kappa shape index (κ2) is 5.49. The average molecular weight is 242 g/mol. The Kier molecular flexibility index (Phi) is 4.51. The molecule has 1 rings (SSSR count). The number of aliphatic carboxylic acids is 1. The Morgan fingerprint density at radius 2 is 2.18 bits per heavy atom. The van der Waals surface area contributed by atoms with Gasteiger partial charge in [-0.3, -0.25) is 9.59 Å². The fourth-order valence-corrected chi connectivity index (χ4v) is 2.57. The summed E-state index contributed by atoms with van der Waals surface area (Å²) < 4.78 is 0. The summed E-state index contributed by atoms with van der Waals surface area (Å²) in [6.07, 6.45) is 2.82. The van der Waals surface area contributed by atoms with Gasteiger partial charge in [-0.05, 0) is 26.2 Å². The number of hydrogen-bond acceptors (Lipinski definition) is 3. The van der Waals surface area contributed by atoms with E-state index in [4.69, 9.17) is 5.73 Å². The van der Waals surface area contributed by atoms with Crippen molar-refractivity contribution in [3.8, 4) is 0 Å². The molecule has 0 aromatic rings. The molecule has 0 aliphatic carbocycles. The van der Waals surface area contributed by atoms with Crippen LogP contribution in [0, 0.1) is 5.41 Å². The normalized spacial score (nSPS) is 26.6. The highest BCUT2D eigenvalue weighted by Crippen LogP contribution is 2.35. The van der Waals surface area contributed by atoms with Crippen LogP contribution in [-0.4, -0.2) is 41.0 Å².